The smallest absolute Gasteiger partial charge is 0.261 e. The number of nitriles is 1. The first-order valence-electron chi connectivity index (χ1n) is 11.3. The maximum atomic E-state index is 13.0. The highest BCUT2D eigenvalue weighted by molar-refractivity contribution is 7.92. The number of nitrogens with zero attached hydrogens (tertiary/aromatic N) is 3. The maximum Gasteiger partial charge on any atom is 0.261 e. The number of anilines is 1. The van der Waals surface area contributed by atoms with Gasteiger partial charge in [-0.15, -0.1) is 0 Å². The van der Waals surface area contributed by atoms with E-state index in [9.17, 15) is 22.1 Å². The number of hydrogen-bond acceptors (Lipinski definition) is 6. The Labute approximate surface area is 207 Å². The topological polar surface area (TPSA) is 126 Å². The highest BCUT2D eigenvalue weighted by atomic mass is 32.2. The molecule has 1 fully saturated rings. The third kappa shape index (κ3) is 5.21. The Kier molecular flexibility index (Phi) is 7.91. The van der Waals surface area contributed by atoms with Crippen molar-refractivity contribution < 1.29 is 16.8 Å². The quantitative estimate of drug-likeness (QED) is 0.515. The number of aryl methyl sites for hydroxylation is 1. The van der Waals surface area contributed by atoms with Crippen molar-refractivity contribution in [1.29, 1.82) is 5.26 Å². The van der Waals surface area contributed by atoms with Gasteiger partial charge in [-0.2, -0.15) is 9.57 Å². The predicted octanol–water partition coefficient (Wildman–Crippen LogP) is 3.50. The molecular formula is C24H31N5O4S2. The fraction of sp³-hybridized carbons (Fsp3) is 0.375. The van der Waals surface area contributed by atoms with Crippen molar-refractivity contribution in [3.63, 3.8) is 0 Å². The van der Waals surface area contributed by atoms with E-state index < -0.39 is 20.0 Å². The molecule has 4 rings (SSSR count). The number of aromatic nitrogens is 1. The Hall–Kier alpha value is -2.91. The fourth-order valence-electron chi connectivity index (χ4n) is 4.09. The van der Waals surface area contributed by atoms with Crippen LogP contribution >= 0.6 is 0 Å². The van der Waals surface area contributed by atoms with Gasteiger partial charge in [-0.25, -0.2) is 16.8 Å². The van der Waals surface area contributed by atoms with Crippen molar-refractivity contribution in [3.05, 3.63) is 53.7 Å². The fourth-order valence-corrected chi connectivity index (χ4v) is 6.65. The van der Waals surface area contributed by atoms with E-state index in [0.717, 1.165) is 12.0 Å². The van der Waals surface area contributed by atoms with Crippen LogP contribution in [0.1, 0.15) is 31.4 Å². The van der Waals surface area contributed by atoms with Gasteiger partial charge in [0.25, 0.3) is 10.0 Å². The Balaban J connectivity index is 0.00000167. The van der Waals surface area contributed by atoms with Gasteiger partial charge in [0, 0.05) is 30.7 Å². The molecule has 9 nitrogen and oxygen atoms in total. The van der Waals surface area contributed by atoms with Crippen LogP contribution in [0.5, 0.6) is 0 Å². The zero-order chi connectivity index (χ0) is 26.0. The van der Waals surface area contributed by atoms with Gasteiger partial charge >= 0.3 is 0 Å². The normalized spacial score (nSPS) is 16.7. The molecule has 0 radical (unpaired) electrons. The summed E-state index contributed by atoms with van der Waals surface area (Å²) in [5.74, 6) is 0. The SMILES string of the molecule is CC.Cc1ccc(NS(=O)(=O)c2ccc(S(=O)(=O)N3CCC(N(C)C)C3)cc2)c2[nH]cc(C#N)c12. The second kappa shape index (κ2) is 10.4. The molecule has 1 aliphatic heterocycles. The van der Waals surface area contributed by atoms with E-state index in [1.807, 2.05) is 39.8 Å². The van der Waals surface area contributed by atoms with Crippen LogP contribution in [0, 0.1) is 18.3 Å². The molecule has 0 spiro atoms. The largest absolute Gasteiger partial charge is 0.358 e. The molecule has 2 aromatic carbocycles. The maximum absolute atomic E-state index is 13.0. The van der Waals surface area contributed by atoms with Gasteiger partial charge in [-0.05, 0) is 63.3 Å². The molecule has 0 amide bonds. The Morgan fingerprint density at radius 1 is 1.06 bits per heavy atom. The van der Waals surface area contributed by atoms with Gasteiger partial charge in [-0.3, -0.25) is 4.72 Å². The number of aromatic amines is 1. The third-order valence-corrected chi connectivity index (χ3v) is 9.30. The van der Waals surface area contributed by atoms with Crippen LogP contribution in [0.2, 0.25) is 0 Å². The summed E-state index contributed by atoms with van der Waals surface area (Å²) in [6.07, 6.45) is 2.29. The van der Waals surface area contributed by atoms with Crippen LogP contribution in [0.15, 0.2) is 52.4 Å². The van der Waals surface area contributed by atoms with Gasteiger partial charge in [0.15, 0.2) is 0 Å². The number of H-pyrrole nitrogens is 1. The summed E-state index contributed by atoms with van der Waals surface area (Å²) in [6, 6.07) is 10.8. The number of benzene rings is 2. The molecule has 1 unspecified atom stereocenters. The molecule has 2 N–H and O–H groups in total. The minimum absolute atomic E-state index is 0.0570. The molecular weight excluding hydrogens is 486 g/mol. The predicted molar refractivity (Wildman–Crippen MR) is 137 cm³/mol. The molecule has 0 saturated carbocycles. The Morgan fingerprint density at radius 2 is 1.69 bits per heavy atom. The van der Waals surface area contributed by atoms with Crippen LogP contribution in [-0.4, -0.2) is 64.3 Å². The van der Waals surface area contributed by atoms with Crippen molar-refractivity contribution >= 4 is 36.6 Å². The Bertz CT molecular complexity index is 1450. The van der Waals surface area contributed by atoms with Crippen molar-refractivity contribution in [3.8, 4) is 6.07 Å². The zero-order valence-corrected chi connectivity index (χ0v) is 22.2. The van der Waals surface area contributed by atoms with Crippen LogP contribution < -0.4 is 4.72 Å². The number of fused-ring (bicyclic) bond motifs is 1. The number of nitrogens with one attached hydrogen (secondary N) is 2. The summed E-state index contributed by atoms with van der Waals surface area (Å²) in [4.78, 5) is 4.96. The molecule has 0 bridgehead atoms. The van der Waals surface area contributed by atoms with E-state index in [1.54, 1.807) is 12.1 Å². The van der Waals surface area contributed by atoms with Crippen LogP contribution in [0.25, 0.3) is 10.9 Å². The molecule has 1 atom stereocenters. The molecule has 3 aromatic rings. The molecule has 1 saturated heterocycles. The van der Waals surface area contributed by atoms with E-state index in [2.05, 4.69) is 15.8 Å². The van der Waals surface area contributed by atoms with Crippen LogP contribution in [0.4, 0.5) is 5.69 Å². The minimum atomic E-state index is -3.98. The van der Waals surface area contributed by atoms with Gasteiger partial charge < -0.3 is 9.88 Å². The van der Waals surface area contributed by atoms with E-state index in [0.29, 0.717) is 35.2 Å². The molecule has 1 aliphatic rings. The van der Waals surface area contributed by atoms with Gasteiger partial charge in [0.2, 0.25) is 10.0 Å². The number of likely N-dealkylation sites (N-methyl/N-ethyl adjacent to an activating group) is 1. The van der Waals surface area contributed by atoms with E-state index in [4.69, 9.17) is 0 Å². The van der Waals surface area contributed by atoms with Crippen molar-refractivity contribution in [2.24, 2.45) is 0 Å². The monoisotopic (exact) mass is 517 g/mol. The second-order valence-electron chi connectivity index (χ2n) is 8.34. The van der Waals surface area contributed by atoms with Gasteiger partial charge in [0.05, 0.1) is 26.6 Å². The van der Waals surface area contributed by atoms with E-state index >= 15 is 0 Å². The minimum Gasteiger partial charge on any atom is -0.358 e. The number of hydrogen-bond donors (Lipinski definition) is 2. The van der Waals surface area contributed by atoms with Crippen LogP contribution in [0.3, 0.4) is 0 Å². The number of rotatable bonds is 6. The molecule has 11 heteroatoms. The average molecular weight is 518 g/mol. The standard InChI is InChI=1S/C22H25N5O4S2.C2H6/c1-15-4-9-20(22-21(15)16(12-23)13-24-22)25-32(28,29)18-5-7-19(8-6-18)33(30,31)27-11-10-17(14-27)26(2)3;1-2/h4-9,13,17,24-25H,10-11,14H2,1-3H3;1-2H3. The van der Waals surface area contributed by atoms with Crippen molar-refractivity contribution in [2.45, 2.75) is 43.0 Å². The summed E-state index contributed by atoms with van der Waals surface area (Å²) in [5.41, 5.74) is 2.09. The lowest BCUT2D eigenvalue weighted by molar-refractivity contribution is 0.302. The third-order valence-electron chi connectivity index (χ3n) is 6.04. The van der Waals surface area contributed by atoms with Crippen molar-refractivity contribution in [2.75, 3.05) is 31.9 Å². The lowest BCUT2D eigenvalue weighted by Gasteiger charge is -2.20. The molecule has 35 heavy (non-hydrogen) atoms. The highest BCUT2D eigenvalue weighted by Gasteiger charge is 2.33. The first-order valence-corrected chi connectivity index (χ1v) is 14.3. The highest BCUT2D eigenvalue weighted by Crippen LogP contribution is 2.30. The summed E-state index contributed by atoms with van der Waals surface area (Å²) < 4.78 is 55.9. The number of sulfonamides is 2. The molecule has 188 valence electrons. The summed E-state index contributed by atoms with van der Waals surface area (Å²) in [6.45, 7) is 6.67. The molecule has 2 heterocycles. The summed E-state index contributed by atoms with van der Waals surface area (Å²) >= 11 is 0. The molecule has 1 aromatic heterocycles. The van der Waals surface area contributed by atoms with Crippen molar-refractivity contribution in [1.82, 2.24) is 14.2 Å². The van der Waals surface area contributed by atoms with Gasteiger partial charge in [0.1, 0.15) is 6.07 Å². The van der Waals surface area contributed by atoms with E-state index in [-0.39, 0.29) is 15.8 Å². The van der Waals surface area contributed by atoms with E-state index in [1.165, 1.54) is 34.8 Å². The lowest BCUT2D eigenvalue weighted by Crippen LogP contribution is -2.34. The van der Waals surface area contributed by atoms with Gasteiger partial charge in [-0.1, -0.05) is 19.9 Å². The first kappa shape index (κ1) is 26.7. The summed E-state index contributed by atoms with van der Waals surface area (Å²) in [5, 5.41) is 9.95. The first-order chi connectivity index (χ1) is 16.5. The summed E-state index contributed by atoms with van der Waals surface area (Å²) in [7, 11) is -3.85. The lowest BCUT2D eigenvalue weighted by atomic mass is 10.1. The Morgan fingerprint density at radius 3 is 2.26 bits per heavy atom. The zero-order valence-electron chi connectivity index (χ0n) is 20.5. The molecule has 0 aliphatic carbocycles. The second-order valence-corrected chi connectivity index (χ2v) is 12.0. The average Bonchev–Trinajstić information content (AvgIpc) is 3.51. The van der Waals surface area contributed by atoms with Crippen LogP contribution in [-0.2, 0) is 20.0 Å².